The van der Waals surface area contributed by atoms with E-state index in [2.05, 4.69) is 12.2 Å². The topological polar surface area (TPSA) is 29.1 Å². The van der Waals surface area contributed by atoms with Crippen molar-refractivity contribution in [2.75, 3.05) is 6.54 Å². The first-order chi connectivity index (χ1) is 11.1. The smallest absolute Gasteiger partial charge is 0.243 e. The van der Waals surface area contributed by atoms with Gasteiger partial charge in [0.15, 0.2) is 0 Å². The van der Waals surface area contributed by atoms with Crippen molar-refractivity contribution in [2.45, 2.75) is 58.3 Å². The Morgan fingerprint density at radius 2 is 1.65 bits per heavy atom. The Morgan fingerprint density at radius 3 is 2.30 bits per heavy atom. The van der Waals surface area contributed by atoms with E-state index in [0.717, 1.165) is 18.5 Å². The summed E-state index contributed by atoms with van der Waals surface area (Å²) in [6.45, 7) is 2.97. The lowest BCUT2D eigenvalue weighted by molar-refractivity contribution is -0.116. The molecule has 0 aromatic heterocycles. The van der Waals surface area contributed by atoms with Crippen LogP contribution < -0.4 is 5.32 Å². The number of hydrogen-bond acceptors (Lipinski definition) is 1. The molecule has 1 amide bonds. The van der Waals surface area contributed by atoms with Gasteiger partial charge in [0.25, 0.3) is 0 Å². The summed E-state index contributed by atoms with van der Waals surface area (Å²) in [5.74, 6) is -0.0704. The number of carbonyl (C=O) groups is 1. The number of halogens is 2. The Balaban J connectivity index is 2.10. The zero-order chi connectivity index (χ0) is 16.9. The molecule has 0 unspecified atom stereocenters. The summed E-state index contributed by atoms with van der Waals surface area (Å²) in [5.41, 5.74) is 0.863. The summed E-state index contributed by atoms with van der Waals surface area (Å²) in [6, 6.07) is 5.30. The fourth-order valence-corrected chi connectivity index (χ4v) is 2.62. The minimum Gasteiger partial charge on any atom is -0.353 e. The van der Waals surface area contributed by atoms with Crippen LogP contribution in [0.15, 0.2) is 24.3 Å². The maximum Gasteiger partial charge on any atom is 0.243 e. The van der Waals surface area contributed by atoms with Crippen LogP contribution in [0.25, 0.3) is 6.08 Å². The quantitative estimate of drug-likeness (QED) is 0.368. The highest BCUT2D eigenvalue weighted by Gasteiger charge is 1.98. The molecule has 0 aliphatic rings. The fourth-order valence-electron chi connectivity index (χ4n) is 2.32. The SMILES string of the molecule is CCCCCCCCCCNC(=O)C=Cc1ccc(Cl)c(Cl)c1. The molecule has 0 fully saturated rings. The maximum absolute atomic E-state index is 11.7. The summed E-state index contributed by atoms with van der Waals surface area (Å²) in [7, 11) is 0. The largest absolute Gasteiger partial charge is 0.353 e. The first-order valence-corrected chi connectivity index (χ1v) is 9.30. The van der Waals surface area contributed by atoms with Gasteiger partial charge in [0.1, 0.15) is 0 Å². The highest BCUT2D eigenvalue weighted by atomic mass is 35.5. The molecule has 128 valence electrons. The second kappa shape index (κ2) is 12.4. The molecule has 0 saturated carbocycles. The Kier molecular flexibility index (Phi) is 10.8. The first-order valence-electron chi connectivity index (χ1n) is 8.54. The number of unbranched alkanes of at least 4 members (excludes halogenated alkanes) is 7. The summed E-state index contributed by atoms with van der Waals surface area (Å²) >= 11 is 11.8. The van der Waals surface area contributed by atoms with Crippen molar-refractivity contribution in [3.63, 3.8) is 0 Å². The second-order valence-electron chi connectivity index (χ2n) is 5.77. The molecule has 0 saturated heterocycles. The predicted octanol–water partition coefficient (Wildman–Crippen LogP) is 6.26. The lowest BCUT2D eigenvalue weighted by Crippen LogP contribution is -2.21. The van der Waals surface area contributed by atoms with Crippen LogP contribution in [-0.2, 0) is 4.79 Å². The number of benzene rings is 1. The molecular weight excluding hydrogens is 329 g/mol. The molecule has 1 rings (SSSR count). The summed E-state index contributed by atoms with van der Waals surface area (Å²) in [5, 5.41) is 3.92. The van der Waals surface area contributed by atoms with Crippen molar-refractivity contribution in [1.29, 1.82) is 0 Å². The van der Waals surface area contributed by atoms with Crippen molar-refractivity contribution in [2.24, 2.45) is 0 Å². The van der Waals surface area contributed by atoms with Crippen LogP contribution in [-0.4, -0.2) is 12.5 Å². The lowest BCUT2D eigenvalue weighted by atomic mass is 10.1. The zero-order valence-corrected chi connectivity index (χ0v) is 15.4. The van der Waals surface area contributed by atoms with Gasteiger partial charge < -0.3 is 5.32 Å². The minimum atomic E-state index is -0.0704. The molecule has 0 atom stereocenters. The average Bonchev–Trinajstić information content (AvgIpc) is 2.54. The van der Waals surface area contributed by atoms with Crippen LogP contribution in [0.2, 0.25) is 10.0 Å². The van der Waals surface area contributed by atoms with Gasteiger partial charge in [-0.1, -0.05) is 81.1 Å². The summed E-state index contributed by atoms with van der Waals surface area (Å²) in [4.78, 5) is 11.7. The van der Waals surface area contributed by atoms with Crippen LogP contribution in [0, 0.1) is 0 Å². The normalized spacial score (nSPS) is 11.1. The van der Waals surface area contributed by atoms with E-state index in [1.807, 2.05) is 6.07 Å². The van der Waals surface area contributed by atoms with Crippen LogP contribution in [0.5, 0.6) is 0 Å². The third-order valence-electron chi connectivity index (χ3n) is 3.70. The van der Waals surface area contributed by atoms with Crippen molar-refractivity contribution in [3.8, 4) is 0 Å². The molecule has 1 N–H and O–H groups in total. The number of hydrogen-bond donors (Lipinski definition) is 1. The average molecular weight is 356 g/mol. The Labute approximate surface area is 150 Å². The molecule has 0 heterocycles. The molecule has 4 heteroatoms. The molecule has 0 aliphatic heterocycles. The van der Waals surface area contributed by atoms with E-state index in [-0.39, 0.29) is 5.91 Å². The lowest BCUT2D eigenvalue weighted by Gasteiger charge is -2.03. The molecule has 1 aromatic rings. The van der Waals surface area contributed by atoms with E-state index in [1.54, 1.807) is 18.2 Å². The molecule has 2 nitrogen and oxygen atoms in total. The van der Waals surface area contributed by atoms with Crippen LogP contribution >= 0.6 is 23.2 Å². The number of nitrogens with one attached hydrogen (secondary N) is 1. The Morgan fingerprint density at radius 1 is 1.00 bits per heavy atom. The third-order valence-corrected chi connectivity index (χ3v) is 4.44. The van der Waals surface area contributed by atoms with Gasteiger partial charge in [0.2, 0.25) is 5.91 Å². The fraction of sp³-hybridized carbons (Fsp3) is 0.526. The van der Waals surface area contributed by atoms with Crippen molar-refractivity contribution in [3.05, 3.63) is 39.9 Å². The number of carbonyl (C=O) groups excluding carboxylic acids is 1. The maximum atomic E-state index is 11.7. The highest BCUT2D eigenvalue weighted by Crippen LogP contribution is 2.23. The summed E-state index contributed by atoms with van der Waals surface area (Å²) < 4.78 is 0. The van der Waals surface area contributed by atoms with Gasteiger partial charge in [0.05, 0.1) is 10.0 Å². The zero-order valence-electron chi connectivity index (χ0n) is 13.9. The van der Waals surface area contributed by atoms with E-state index < -0.39 is 0 Å². The highest BCUT2D eigenvalue weighted by molar-refractivity contribution is 6.42. The molecule has 0 radical (unpaired) electrons. The number of amides is 1. The van der Waals surface area contributed by atoms with E-state index in [0.29, 0.717) is 10.0 Å². The minimum absolute atomic E-state index is 0.0704. The molecule has 1 aromatic carbocycles. The van der Waals surface area contributed by atoms with Crippen molar-refractivity contribution in [1.82, 2.24) is 5.32 Å². The molecular formula is C19H27Cl2NO. The first kappa shape index (κ1) is 20.1. The van der Waals surface area contributed by atoms with Crippen LogP contribution in [0.4, 0.5) is 0 Å². The standard InChI is InChI=1S/C19H27Cl2NO/c1-2-3-4-5-6-7-8-9-14-22-19(23)13-11-16-10-12-17(20)18(21)15-16/h10-13,15H,2-9,14H2,1H3,(H,22,23). The van der Waals surface area contributed by atoms with Crippen LogP contribution in [0.1, 0.15) is 63.9 Å². The predicted molar refractivity (Wildman–Crippen MR) is 101 cm³/mol. The molecule has 23 heavy (non-hydrogen) atoms. The number of rotatable bonds is 11. The van der Waals surface area contributed by atoms with E-state index in [1.165, 1.54) is 51.0 Å². The van der Waals surface area contributed by atoms with Crippen molar-refractivity contribution >= 4 is 35.2 Å². The Hall–Kier alpha value is -0.990. The monoisotopic (exact) mass is 355 g/mol. The van der Waals surface area contributed by atoms with Gasteiger partial charge in [-0.25, -0.2) is 0 Å². The van der Waals surface area contributed by atoms with Gasteiger partial charge in [0, 0.05) is 12.6 Å². The van der Waals surface area contributed by atoms with E-state index in [4.69, 9.17) is 23.2 Å². The second-order valence-corrected chi connectivity index (χ2v) is 6.59. The molecule has 0 bridgehead atoms. The van der Waals surface area contributed by atoms with Crippen molar-refractivity contribution < 1.29 is 4.79 Å². The van der Waals surface area contributed by atoms with Crippen LogP contribution in [0.3, 0.4) is 0 Å². The van der Waals surface area contributed by atoms with E-state index in [9.17, 15) is 4.79 Å². The van der Waals surface area contributed by atoms with Gasteiger partial charge in [-0.15, -0.1) is 0 Å². The van der Waals surface area contributed by atoms with Gasteiger partial charge in [-0.2, -0.15) is 0 Å². The summed E-state index contributed by atoms with van der Waals surface area (Å²) in [6.07, 6.45) is 13.4. The Bertz CT molecular complexity index is 500. The molecule has 0 spiro atoms. The third kappa shape index (κ3) is 9.68. The van der Waals surface area contributed by atoms with E-state index >= 15 is 0 Å². The van der Waals surface area contributed by atoms with Gasteiger partial charge in [-0.05, 0) is 30.2 Å². The van der Waals surface area contributed by atoms with Gasteiger partial charge in [-0.3, -0.25) is 4.79 Å². The van der Waals surface area contributed by atoms with Gasteiger partial charge >= 0.3 is 0 Å². The molecule has 0 aliphatic carbocycles.